The minimum Gasteiger partial charge on any atom is -0.467 e. The van der Waals surface area contributed by atoms with E-state index in [9.17, 15) is 23.9 Å². The number of benzene rings is 1. The third-order valence-electron chi connectivity index (χ3n) is 4.12. The molecule has 1 saturated heterocycles. The summed E-state index contributed by atoms with van der Waals surface area (Å²) in [4.78, 5) is 37.3. The van der Waals surface area contributed by atoms with Crippen LogP contribution < -0.4 is 5.32 Å². The van der Waals surface area contributed by atoms with Gasteiger partial charge in [-0.25, -0.2) is 9.18 Å². The first kappa shape index (κ1) is 18.9. The summed E-state index contributed by atoms with van der Waals surface area (Å²) in [5.41, 5.74) is 0.519. The Labute approximate surface area is 144 Å². The van der Waals surface area contributed by atoms with Crippen molar-refractivity contribution >= 4 is 17.8 Å². The van der Waals surface area contributed by atoms with E-state index in [2.05, 4.69) is 5.32 Å². The molecule has 2 amide bonds. The summed E-state index contributed by atoms with van der Waals surface area (Å²) in [5, 5.41) is 12.3. The average molecular weight is 352 g/mol. The zero-order chi connectivity index (χ0) is 18.6. The molecule has 1 fully saturated rings. The molecule has 0 spiro atoms. The second-order valence-corrected chi connectivity index (χ2v) is 6.00. The lowest BCUT2D eigenvalue weighted by atomic mass is 10.0. The molecule has 136 valence electrons. The van der Waals surface area contributed by atoms with Crippen molar-refractivity contribution in [1.29, 1.82) is 0 Å². The SMILES string of the molecule is COC(=O)[C@H](Cc1cccc(F)c1)NC(=O)[C@@H]1C[C@@H](O)CN1C(C)=O. The van der Waals surface area contributed by atoms with Crippen molar-refractivity contribution < 1.29 is 28.6 Å². The molecule has 1 aromatic carbocycles. The van der Waals surface area contributed by atoms with Crippen LogP contribution in [0.5, 0.6) is 0 Å². The minimum absolute atomic E-state index is 0.0471. The maximum Gasteiger partial charge on any atom is 0.328 e. The van der Waals surface area contributed by atoms with Crippen molar-refractivity contribution in [1.82, 2.24) is 10.2 Å². The number of hydrogen-bond donors (Lipinski definition) is 2. The van der Waals surface area contributed by atoms with E-state index in [4.69, 9.17) is 4.74 Å². The third-order valence-corrected chi connectivity index (χ3v) is 4.12. The number of amides is 2. The van der Waals surface area contributed by atoms with Crippen LogP contribution in [0.1, 0.15) is 18.9 Å². The molecular formula is C17H21FN2O5. The van der Waals surface area contributed by atoms with Crippen LogP contribution in [0.15, 0.2) is 24.3 Å². The van der Waals surface area contributed by atoms with Crippen LogP contribution in [0.4, 0.5) is 4.39 Å². The Morgan fingerprint density at radius 2 is 2.16 bits per heavy atom. The average Bonchev–Trinajstić information content (AvgIpc) is 2.96. The van der Waals surface area contributed by atoms with Gasteiger partial charge >= 0.3 is 5.97 Å². The fraction of sp³-hybridized carbons (Fsp3) is 0.471. The molecule has 1 aliphatic rings. The van der Waals surface area contributed by atoms with Crippen molar-refractivity contribution in [2.24, 2.45) is 0 Å². The number of carbonyl (C=O) groups excluding carboxylic acids is 3. The number of hydrogen-bond acceptors (Lipinski definition) is 5. The van der Waals surface area contributed by atoms with Crippen LogP contribution >= 0.6 is 0 Å². The van der Waals surface area contributed by atoms with E-state index >= 15 is 0 Å². The number of likely N-dealkylation sites (tertiary alicyclic amines) is 1. The van der Waals surface area contributed by atoms with Crippen LogP contribution in [0, 0.1) is 5.82 Å². The van der Waals surface area contributed by atoms with Crippen molar-refractivity contribution in [3.8, 4) is 0 Å². The number of carbonyl (C=O) groups is 3. The molecular weight excluding hydrogens is 331 g/mol. The van der Waals surface area contributed by atoms with Gasteiger partial charge in [0, 0.05) is 26.3 Å². The second kappa shape index (κ2) is 8.06. The Morgan fingerprint density at radius 1 is 1.44 bits per heavy atom. The Balaban J connectivity index is 2.12. The highest BCUT2D eigenvalue weighted by Crippen LogP contribution is 2.18. The molecule has 1 aromatic rings. The molecule has 7 nitrogen and oxygen atoms in total. The van der Waals surface area contributed by atoms with Gasteiger partial charge in [-0.2, -0.15) is 0 Å². The first-order valence-electron chi connectivity index (χ1n) is 7.89. The van der Waals surface area contributed by atoms with Gasteiger partial charge in [0.25, 0.3) is 0 Å². The van der Waals surface area contributed by atoms with Gasteiger partial charge in [0.05, 0.1) is 13.2 Å². The van der Waals surface area contributed by atoms with Gasteiger partial charge < -0.3 is 20.1 Å². The summed E-state index contributed by atoms with van der Waals surface area (Å²) in [7, 11) is 1.19. The van der Waals surface area contributed by atoms with Gasteiger partial charge in [0.2, 0.25) is 11.8 Å². The molecule has 0 bridgehead atoms. The Kier molecular flexibility index (Phi) is 6.08. The second-order valence-electron chi connectivity index (χ2n) is 6.00. The fourth-order valence-electron chi connectivity index (χ4n) is 2.91. The number of halogens is 1. The van der Waals surface area contributed by atoms with Crippen molar-refractivity contribution in [2.75, 3.05) is 13.7 Å². The highest BCUT2D eigenvalue weighted by molar-refractivity contribution is 5.91. The number of rotatable bonds is 5. The van der Waals surface area contributed by atoms with Gasteiger partial charge in [0.1, 0.15) is 17.9 Å². The van der Waals surface area contributed by atoms with Gasteiger partial charge in [-0.3, -0.25) is 9.59 Å². The largest absolute Gasteiger partial charge is 0.467 e. The monoisotopic (exact) mass is 352 g/mol. The van der Waals surface area contributed by atoms with E-state index in [1.54, 1.807) is 6.07 Å². The standard InChI is InChI=1S/C17H21FN2O5/c1-10(21)20-9-13(22)8-15(20)16(23)19-14(17(24)25-2)7-11-4-3-5-12(18)6-11/h3-6,13-15,22H,7-9H2,1-2H3,(H,19,23)/t13-,14+,15+/m1/s1. The molecule has 0 radical (unpaired) electrons. The number of methoxy groups -OCH3 is 1. The number of aliphatic hydroxyl groups excluding tert-OH is 1. The first-order chi connectivity index (χ1) is 11.8. The van der Waals surface area contributed by atoms with E-state index in [1.165, 1.54) is 37.1 Å². The maximum absolute atomic E-state index is 13.3. The van der Waals surface area contributed by atoms with Gasteiger partial charge in [-0.15, -0.1) is 0 Å². The van der Waals surface area contributed by atoms with E-state index in [1.807, 2.05) is 0 Å². The summed E-state index contributed by atoms with van der Waals surface area (Å²) in [5.74, 6) is -2.02. The van der Waals surface area contributed by atoms with Crippen molar-refractivity contribution in [2.45, 2.75) is 38.0 Å². The smallest absolute Gasteiger partial charge is 0.328 e. The first-order valence-corrected chi connectivity index (χ1v) is 7.89. The summed E-state index contributed by atoms with van der Waals surface area (Å²) < 4.78 is 18.0. The van der Waals surface area contributed by atoms with Crippen molar-refractivity contribution in [3.63, 3.8) is 0 Å². The van der Waals surface area contributed by atoms with Gasteiger partial charge in [-0.1, -0.05) is 12.1 Å². The molecule has 8 heteroatoms. The van der Waals surface area contributed by atoms with E-state index < -0.39 is 35.9 Å². The van der Waals surface area contributed by atoms with Crippen molar-refractivity contribution in [3.05, 3.63) is 35.6 Å². The fourth-order valence-corrected chi connectivity index (χ4v) is 2.91. The lowest BCUT2D eigenvalue weighted by Gasteiger charge is -2.24. The molecule has 0 unspecified atom stereocenters. The van der Waals surface area contributed by atoms with E-state index in [0.29, 0.717) is 5.56 Å². The Hall–Kier alpha value is -2.48. The molecule has 0 aliphatic carbocycles. The number of ether oxygens (including phenoxy) is 1. The lowest BCUT2D eigenvalue weighted by Crippen LogP contribution is -2.51. The molecule has 2 N–H and O–H groups in total. The number of esters is 1. The topological polar surface area (TPSA) is 95.9 Å². The van der Waals surface area contributed by atoms with Gasteiger partial charge in [-0.05, 0) is 17.7 Å². The van der Waals surface area contributed by atoms with Crippen LogP contribution in [0.2, 0.25) is 0 Å². The summed E-state index contributed by atoms with van der Waals surface area (Å²) >= 11 is 0. The molecule has 25 heavy (non-hydrogen) atoms. The number of β-amino-alcohol motifs (C(OH)–C–C–N with tert-alkyl or cyclic N) is 1. The summed E-state index contributed by atoms with van der Waals surface area (Å²) in [6, 6.07) is 3.80. The third kappa shape index (κ3) is 4.76. The Bertz CT molecular complexity index is 666. The van der Waals surface area contributed by atoms with Crippen LogP contribution in [-0.4, -0.2) is 59.6 Å². The predicted molar refractivity (Wildman–Crippen MR) is 85.8 cm³/mol. The van der Waals surface area contributed by atoms with E-state index in [-0.39, 0.29) is 25.3 Å². The quantitative estimate of drug-likeness (QED) is 0.728. The zero-order valence-corrected chi connectivity index (χ0v) is 14.1. The maximum atomic E-state index is 13.3. The molecule has 1 aliphatic heterocycles. The molecule has 2 rings (SSSR count). The number of aliphatic hydroxyl groups is 1. The van der Waals surface area contributed by atoms with Crippen LogP contribution in [0.3, 0.4) is 0 Å². The summed E-state index contributed by atoms with van der Waals surface area (Å²) in [6.45, 7) is 1.38. The molecule has 0 aromatic heterocycles. The molecule has 3 atom stereocenters. The van der Waals surface area contributed by atoms with Crippen LogP contribution in [0.25, 0.3) is 0 Å². The Morgan fingerprint density at radius 3 is 2.76 bits per heavy atom. The zero-order valence-electron chi connectivity index (χ0n) is 14.1. The number of nitrogens with one attached hydrogen (secondary N) is 1. The highest BCUT2D eigenvalue weighted by Gasteiger charge is 2.38. The predicted octanol–water partition coefficient (Wildman–Crippen LogP) is 0.00770. The molecule has 0 saturated carbocycles. The summed E-state index contributed by atoms with van der Waals surface area (Å²) in [6.07, 6.45) is -0.649. The molecule has 1 heterocycles. The van der Waals surface area contributed by atoms with E-state index in [0.717, 1.165) is 0 Å². The normalized spacial score (nSPS) is 20.9. The lowest BCUT2D eigenvalue weighted by molar-refractivity contribution is -0.146. The minimum atomic E-state index is -1.02. The van der Waals surface area contributed by atoms with Crippen LogP contribution in [-0.2, 0) is 25.5 Å². The van der Waals surface area contributed by atoms with Gasteiger partial charge in [0.15, 0.2) is 0 Å². The number of nitrogens with zero attached hydrogens (tertiary/aromatic N) is 1. The highest BCUT2D eigenvalue weighted by atomic mass is 19.1.